The fourth-order valence-electron chi connectivity index (χ4n) is 2.89. The second kappa shape index (κ2) is 10.8. The van der Waals surface area contributed by atoms with Gasteiger partial charge in [-0.05, 0) is 62.5 Å². The molecule has 0 radical (unpaired) electrons. The van der Waals surface area contributed by atoms with Crippen LogP contribution in [0.25, 0.3) is 0 Å². The average molecular weight is 428 g/mol. The Morgan fingerprint density at radius 1 is 1.30 bits per heavy atom. The van der Waals surface area contributed by atoms with Gasteiger partial charge >= 0.3 is 0 Å². The molecule has 1 fully saturated rings. The molecule has 2 aromatic rings. The van der Waals surface area contributed by atoms with Crippen LogP contribution >= 0.6 is 11.6 Å². The highest BCUT2D eigenvalue weighted by atomic mass is 35.5. The van der Waals surface area contributed by atoms with E-state index >= 15 is 0 Å². The molecule has 0 saturated carbocycles. The summed E-state index contributed by atoms with van der Waals surface area (Å²) in [5.74, 6) is 1.30. The number of hydrogen-bond acceptors (Lipinski definition) is 6. The van der Waals surface area contributed by atoms with Gasteiger partial charge in [-0.1, -0.05) is 11.6 Å². The summed E-state index contributed by atoms with van der Waals surface area (Å²) >= 11 is 5.84. The van der Waals surface area contributed by atoms with Crippen LogP contribution < -0.4 is 9.64 Å². The van der Waals surface area contributed by atoms with Crippen LogP contribution in [-0.2, 0) is 16.1 Å². The normalized spacial score (nSPS) is 16.9. The third-order valence-electron chi connectivity index (χ3n) is 4.99. The van der Waals surface area contributed by atoms with E-state index < -0.39 is 0 Å². The minimum Gasteiger partial charge on any atom is -0.492 e. The van der Waals surface area contributed by atoms with E-state index in [-0.39, 0.29) is 6.61 Å². The molecule has 3 rings (SSSR count). The van der Waals surface area contributed by atoms with Crippen molar-refractivity contribution in [2.45, 2.75) is 19.1 Å². The molecular formula is C23H26ClN3O3. The van der Waals surface area contributed by atoms with Crippen molar-refractivity contribution < 1.29 is 14.3 Å². The Labute approximate surface area is 182 Å². The molecule has 2 heterocycles. The van der Waals surface area contributed by atoms with Crippen LogP contribution in [0.4, 0.5) is 5.69 Å². The molecule has 0 bridgehead atoms. The van der Waals surface area contributed by atoms with E-state index in [0.29, 0.717) is 29.7 Å². The molecule has 0 N–H and O–H groups in total. The van der Waals surface area contributed by atoms with E-state index in [2.05, 4.69) is 16.9 Å². The first-order valence-electron chi connectivity index (χ1n) is 9.78. The highest BCUT2D eigenvalue weighted by Crippen LogP contribution is 2.21. The van der Waals surface area contributed by atoms with Crippen LogP contribution in [0.15, 0.2) is 66.7 Å². The highest BCUT2D eigenvalue weighted by molar-refractivity contribution is 6.30. The number of allylic oxidation sites excluding steroid dienone is 2. The predicted octanol–water partition coefficient (Wildman–Crippen LogP) is 4.07. The first-order chi connectivity index (χ1) is 14.5. The number of halogens is 1. The van der Waals surface area contributed by atoms with Gasteiger partial charge in [-0.15, -0.1) is 0 Å². The number of carbonyl (C=O) groups excluding carboxylic acids is 1. The van der Waals surface area contributed by atoms with Gasteiger partial charge in [0.2, 0.25) is 0 Å². The van der Waals surface area contributed by atoms with E-state index in [1.54, 1.807) is 24.4 Å². The number of likely N-dealkylation sites (N-methyl/N-ethyl adjacent to an activating group) is 1. The van der Waals surface area contributed by atoms with Crippen LogP contribution in [0.3, 0.4) is 0 Å². The number of hydrogen-bond donors (Lipinski definition) is 0. The molecule has 1 aliphatic rings. The summed E-state index contributed by atoms with van der Waals surface area (Å²) in [5, 5.41) is 0.565. The Kier molecular flexibility index (Phi) is 7.88. The zero-order valence-corrected chi connectivity index (χ0v) is 18.0. The van der Waals surface area contributed by atoms with Crippen molar-refractivity contribution in [1.29, 1.82) is 0 Å². The van der Waals surface area contributed by atoms with Crippen LogP contribution in [-0.4, -0.2) is 49.5 Å². The zero-order valence-electron chi connectivity index (χ0n) is 17.2. The van der Waals surface area contributed by atoms with E-state index in [4.69, 9.17) is 21.1 Å². The maximum absolute atomic E-state index is 10.9. The van der Waals surface area contributed by atoms with Crippen molar-refractivity contribution in [1.82, 2.24) is 9.88 Å². The minimum atomic E-state index is 0.243. The molecule has 158 valence electrons. The maximum atomic E-state index is 10.9. The number of nitrogens with zero attached hydrogens (tertiary/aromatic N) is 3. The summed E-state index contributed by atoms with van der Waals surface area (Å²) in [5.41, 5.74) is 1.71. The highest BCUT2D eigenvalue weighted by Gasteiger charge is 2.24. The summed E-state index contributed by atoms with van der Waals surface area (Å²) < 4.78 is 11.5. The van der Waals surface area contributed by atoms with Gasteiger partial charge in [-0.2, -0.15) is 0 Å². The van der Waals surface area contributed by atoms with Crippen LogP contribution in [0.1, 0.15) is 12.1 Å². The number of benzene rings is 1. The van der Waals surface area contributed by atoms with Gasteiger partial charge in [0.1, 0.15) is 31.0 Å². The molecule has 7 heteroatoms. The van der Waals surface area contributed by atoms with Crippen molar-refractivity contribution in [3.63, 3.8) is 0 Å². The number of carbonyl (C=O) groups is 1. The summed E-state index contributed by atoms with van der Waals surface area (Å²) in [6.07, 6.45) is 8.39. The van der Waals surface area contributed by atoms with E-state index in [1.165, 1.54) is 12.5 Å². The summed E-state index contributed by atoms with van der Waals surface area (Å²) in [4.78, 5) is 19.3. The second-order valence-corrected chi connectivity index (χ2v) is 7.55. The van der Waals surface area contributed by atoms with Crippen LogP contribution in [0, 0.1) is 0 Å². The van der Waals surface area contributed by atoms with Gasteiger partial charge in [0.05, 0.1) is 10.7 Å². The molecule has 1 aromatic heterocycles. The summed E-state index contributed by atoms with van der Waals surface area (Å²) in [6, 6.07) is 12.0. The Hall–Kier alpha value is -2.83. The molecule has 6 nitrogen and oxygen atoms in total. The molecule has 1 saturated heterocycles. The van der Waals surface area contributed by atoms with E-state index in [1.807, 2.05) is 42.4 Å². The summed E-state index contributed by atoms with van der Waals surface area (Å²) in [6.45, 7) is 2.10. The number of anilines is 1. The third-order valence-corrected chi connectivity index (χ3v) is 5.22. The fraction of sp³-hybridized carbons (Fsp3) is 0.304. The number of likely N-dealkylation sites (tertiary alicyclic amines) is 1. The lowest BCUT2D eigenvalue weighted by Crippen LogP contribution is -2.48. The SMILES string of the molecule is CN(/C=C\C(=C/C=O)OCc1ccc(Cl)cn1)c1ccc(OC[C@@H]2CCN2C)cc1. The quantitative estimate of drug-likeness (QED) is 0.246. The van der Waals surface area contributed by atoms with Crippen LogP contribution in [0.2, 0.25) is 5.02 Å². The standard InChI is InChI=1S/C23H26ClN3O3/c1-26(20-5-7-22(8-6-20)30-17-21-9-12-27(21)2)13-10-23(11-14-28)29-16-19-4-3-18(24)15-25-19/h3-8,10-11,13-15,21H,9,12,16-17H2,1-2H3/b13-10-,23-11+/t21-/m0/s1. The van der Waals surface area contributed by atoms with Gasteiger partial charge in [0.25, 0.3) is 0 Å². The van der Waals surface area contributed by atoms with Crippen molar-refractivity contribution in [2.24, 2.45) is 0 Å². The minimum absolute atomic E-state index is 0.243. The number of aldehydes is 1. The Bertz CT molecular complexity index is 882. The van der Waals surface area contributed by atoms with Crippen molar-refractivity contribution >= 4 is 23.6 Å². The molecule has 30 heavy (non-hydrogen) atoms. The van der Waals surface area contributed by atoms with Gasteiger partial charge in [-0.3, -0.25) is 14.7 Å². The average Bonchev–Trinajstić information content (AvgIpc) is 2.76. The largest absolute Gasteiger partial charge is 0.492 e. The predicted molar refractivity (Wildman–Crippen MR) is 119 cm³/mol. The number of rotatable bonds is 10. The van der Waals surface area contributed by atoms with E-state index in [0.717, 1.165) is 23.7 Å². The van der Waals surface area contributed by atoms with E-state index in [9.17, 15) is 4.79 Å². The molecule has 1 atom stereocenters. The van der Waals surface area contributed by atoms with Gasteiger partial charge in [0.15, 0.2) is 0 Å². The van der Waals surface area contributed by atoms with Crippen molar-refractivity contribution in [3.05, 3.63) is 77.4 Å². The van der Waals surface area contributed by atoms with Gasteiger partial charge in [0, 0.05) is 37.2 Å². The second-order valence-electron chi connectivity index (χ2n) is 7.12. The maximum Gasteiger partial charge on any atom is 0.146 e. The molecule has 1 aliphatic heterocycles. The fourth-order valence-corrected chi connectivity index (χ4v) is 3.00. The van der Waals surface area contributed by atoms with Crippen LogP contribution in [0.5, 0.6) is 5.75 Å². The monoisotopic (exact) mass is 427 g/mol. The lowest BCUT2D eigenvalue weighted by atomic mass is 10.1. The lowest BCUT2D eigenvalue weighted by molar-refractivity contribution is -0.104. The van der Waals surface area contributed by atoms with Crippen molar-refractivity contribution in [2.75, 3.05) is 32.1 Å². The van der Waals surface area contributed by atoms with Gasteiger partial charge in [-0.25, -0.2) is 0 Å². The molecule has 0 unspecified atom stereocenters. The number of pyridine rings is 1. The first kappa shape index (κ1) is 21.9. The molecule has 0 amide bonds. The Balaban J connectivity index is 1.52. The number of aromatic nitrogens is 1. The molecule has 1 aromatic carbocycles. The Morgan fingerprint density at radius 2 is 2.10 bits per heavy atom. The topological polar surface area (TPSA) is 54.9 Å². The smallest absolute Gasteiger partial charge is 0.146 e. The zero-order chi connectivity index (χ0) is 21.3. The number of ether oxygens (including phenoxy) is 2. The van der Waals surface area contributed by atoms with Gasteiger partial charge < -0.3 is 14.4 Å². The lowest BCUT2D eigenvalue weighted by Gasteiger charge is -2.37. The molecule has 0 spiro atoms. The first-order valence-corrected chi connectivity index (χ1v) is 10.2. The van der Waals surface area contributed by atoms with Crippen molar-refractivity contribution in [3.8, 4) is 5.75 Å². The Morgan fingerprint density at radius 3 is 2.70 bits per heavy atom. The summed E-state index contributed by atoms with van der Waals surface area (Å²) in [7, 11) is 4.04. The third kappa shape index (κ3) is 6.34. The molecular weight excluding hydrogens is 402 g/mol. The molecule has 0 aliphatic carbocycles.